The number of rotatable bonds is 6. The summed E-state index contributed by atoms with van der Waals surface area (Å²) >= 11 is 0. The van der Waals surface area contributed by atoms with Crippen LogP contribution in [0.2, 0.25) is 0 Å². The molecule has 1 aliphatic heterocycles. The summed E-state index contributed by atoms with van der Waals surface area (Å²) in [6, 6.07) is 0. The van der Waals surface area contributed by atoms with Crippen molar-refractivity contribution >= 4 is 10.0 Å². The minimum atomic E-state index is -3.73. The van der Waals surface area contributed by atoms with Crippen LogP contribution in [-0.4, -0.2) is 51.1 Å². The molecular weight excluding hydrogens is 284 g/mol. The number of aromatic amines is 1. The highest BCUT2D eigenvalue weighted by atomic mass is 32.2. The second kappa shape index (κ2) is 5.78. The van der Waals surface area contributed by atoms with Crippen LogP contribution in [0.25, 0.3) is 0 Å². The maximum Gasteiger partial charge on any atom is 0.260 e. The highest BCUT2D eigenvalue weighted by molar-refractivity contribution is 7.89. The maximum atomic E-state index is 12.3. The molecule has 0 aliphatic carbocycles. The van der Waals surface area contributed by atoms with Crippen molar-refractivity contribution in [3.8, 4) is 0 Å². The first-order chi connectivity index (χ1) is 9.44. The Morgan fingerprint density at radius 2 is 2.35 bits per heavy atom. The van der Waals surface area contributed by atoms with E-state index in [4.69, 9.17) is 15.2 Å². The number of methoxy groups -OCH3 is 1. The van der Waals surface area contributed by atoms with Crippen LogP contribution in [-0.2, 0) is 26.0 Å². The third-order valence-corrected chi connectivity index (χ3v) is 4.95. The highest BCUT2D eigenvalue weighted by Crippen LogP contribution is 2.23. The summed E-state index contributed by atoms with van der Waals surface area (Å²) in [5.41, 5.74) is 6.10. The van der Waals surface area contributed by atoms with Crippen molar-refractivity contribution in [1.29, 1.82) is 0 Å². The Bertz CT molecular complexity index is 563. The smallest absolute Gasteiger partial charge is 0.260 e. The average molecular weight is 304 g/mol. The summed E-state index contributed by atoms with van der Waals surface area (Å²) in [6.07, 6.45) is 0.648. The molecule has 0 bridgehead atoms. The normalized spacial score (nSPS) is 23.4. The molecule has 9 heteroatoms. The largest absolute Gasteiger partial charge is 0.378 e. The standard InChI is InChI=1S/C11H20N4O4S/c1-8-9(5-12)10(15-14-8)20(16,17)13-6-11(18-2)3-4-19-7-11/h13H,3-7,12H2,1-2H3,(H,14,15). The van der Waals surface area contributed by atoms with Gasteiger partial charge in [0, 0.05) is 44.5 Å². The fraction of sp³-hybridized carbons (Fsp3) is 0.727. The number of ether oxygens (including phenoxy) is 2. The molecule has 0 saturated carbocycles. The van der Waals surface area contributed by atoms with Crippen molar-refractivity contribution in [2.24, 2.45) is 5.73 Å². The van der Waals surface area contributed by atoms with Crippen molar-refractivity contribution in [3.63, 3.8) is 0 Å². The number of nitrogens with one attached hydrogen (secondary N) is 2. The predicted molar refractivity (Wildman–Crippen MR) is 71.6 cm³/mol. The monoisotopic (exact) mass is 304 g/mol. The van der Waals surface area contributed by atoms with Crippen LogP contribution in [0.4, 0.5) is 0 Å². The van der Waals surface area contributed by atoms with E-state index in [0.717, 1.165) is 0 Å². The molecule has 1 saturated heterocycles. The molecule has 1 atom stereocenters. The summed E-state index contributed by atoms with van der Waals surface area (Å²) in [6.45, 7) is 2.91. The van der Waals surface area contributed by atoms with Gasteiger partial charge in [0.25, 0.3) is 10.0 Å². The molecule has 0 aromatic carbocycles. The van der Waals surface area contributed by atoms with E-state index in [1.54, 1.807) is 14.0 Å². The quantitative estimate of drug-likeness (QED) is 0.637. The first kappa shape index (κ1) is 15.4. The van der Waals surface area contributed by atoms with E-state index in [9.17, 15) is 8.42 Å². The second-order valence-corrected chi connectivity index (χ2v) is 6.53. The molecule has 0 amide bonds. The second-order valence-electron chi connectivity index (χ2n) is 4.85. The summed E-state index contributed by atoms with van der Waals surface area (Å²) in [4.78, 5) is 0. The van der Waals surface area contributed by atoms with Crippen LogP contribution in [0.1, 0.15) is 17.7 Å². The lowest BCUT2D eigenvalue weighted by Gasteiger charge is -2.25. The Kier molecular flexibility index (Phi) is 4.45. The summed E-state index contributed by atoms with van der Waals surface area (Å²) < 4.78 is 37.8. The van der Waals surface area contributed by atoms with Gasteiger partial charge in [-0.05, 0) is 6.92 Å². The fourth-order valence-electron chi connectivity index (χ4n) is 2.15. The van der Waals surface area contributed by atoms with E-state index in [2.05, 4.69) is 14.9 Å². The van der Waals surface area contributed by atoms with E-state index in [1.807, 2.05) is 0 Å². The van der Waals surface area contributed by atoms with Crippen LogP contribution in [0.15, 0.2) is 5.03 Å². The maximum absolute atomic E-state index is 12.3. The molecule has 1 unspecified atom stereocenters. The topological polar surface area (TPSA) is 119 Å². The third kappa shape index (κ3) is 2.86. The van der Waals surface area contributed by atoms with Gasteiger partial charge in [-0.15, -0.1) is 0 Å². The number of nitrogens with zero attached hydrogens (tertiary/aromatic N) is 1. The number of H-pyrrole nitrogens is 1. The number of nitrogens with two attached hydrogens (primary N) is 1. The van der Waals surface area contributed by atoms with Crippen LogP contribution in [0, 0.1) is 6.92 Å². The van der Waals surface area contributed by atoms with Gasteiger partial charge >= 0.3 is 0 Å². The van der Waals surface area contributed by atoms with Crippen molar-refractivity contribution in [1.82, 2.24) is 14.9 Å². The molecule has 1 aromatic heterocycles. The van der Waals surface area contributed by atoms with Crippen molar-refractivity contribution in [2.45, 2.75) is 30.5 Å². The fourth-order valence-corrected chi connectivity index (χ4v) is 3.47. The van der Waals surface area contributed by atoms with Gasteiger partial charge in [-0.3, -0.25) is 5.10 Å². The summed E-state index contributed by atoms with van der Waals surface area (Å²) in [5.74, 6) is 0. The summed E-state index contributed by atoms with van der Waals surface area (Å²) in [7, 11) is -2.18. The number of aryl methyl sites for hydroxylation is 1. The Hall–Kier alpha value is -1.00. The van der Waals surface area contributed by atoms with Crippen molar-refractivity contribution in [3.05, 3.63) is 11.3 Å². The lowest BCUT2D eigenvalue weighted by molar-refractivity contribution is -0.0120. The number of sulfonamides is 1. The van der Waals surface area contributed by atoms with E-state index in [1.165, 1.54) is 0 Å². The molecule has 0 spiro atoms. The minimum absolute atomic E-state index is 0.0531. The third-order valence-electron chi connectivity index (χ3n) is 3.58. The Balaban J connectivity index is 2.15. The van der Waals surface area contributed by atoms with Gasteiger partial charge in [0.15, 0.2) is 5.03 Å². The first-order valence-corrected chi connectivity index (χ1v) is 7.79. The molecule has 2 heterocycles. The molecule has 0 radical (unpaired) electrons. The van der Waals surface area contributed by atoms with Crippen LogP contribution < -0.4 is 10.5 Å². The van der Waals surface area contributed by atoms with Gasteiger partial charge in [0.05, 0.1) is 6.61 Å². The highest BCUT2D eigenvalue weighted by Gasteiger charge is 2.37. The van der Waals surface area contributed by atoms with Crippen molar-refractivity contribution < 1.29 is 17.9 Å². The van der Waals surface area contributed by atoms with Crippen LogP contribution in [0.5, 0.6) is 0 Å². The molecule has 2 rings (SSSR count). The zero-order chi connectivity index (χ0) is 14.8. The lowest BCUT2D eigenvalue weighted by atomic mass is 10.0. The number of hydrogen-bond donors (Lipinski definition) is 3. The Morgan fingerprint density at radius 3 is 2.90 bits per heavy atom. The van der Waals surface area contributed by atoms with Gasteiger partial charge in [-0.2, -0.15) is 5.10 Å². The van der Waals surface area contributed by atoms with Gasteiger partial charge < -0.3 is 15.2 Å². The zero-order valence-electron chi connectivity index (χ0n) is 11.6. The first-order valence-electron chi connectivity index (χ1n) is 6.30. The predicted octanol–water partition coefficient (Wildman–Crippen LogP) is -0.739. The molecule has 114 valence electrons. The Labute approximate surface area is 118 Å². The van der Waals surface area contributed by atoms with Gasteiger partial charge in [0.2, 0.25) is 0 Å². The number of aromatic nitrogens is 2. The van der Waals surface area contributed by atoms with Gasteiger partial charge in [0.1, 0.15) is 5.60 Å². The molecule has 20 heavy (non-hydrogen) atoms. The number of hydrogen-bond acceptors (Lipinski definition) is 6. The van der Waals surface area contributed by atoms with Crippen LogP contribution >= 0.6 is 0 Å². The minimum Gasteiger partial charge on any atom is -0.378 e. The van der Waals surface area contributed by atoms with Gasteiger partial charge in [-0.1, -0.05) is 0 Å². The zero-order valence-corrected chi connectivity index (χ0v) is 12.4. The molecule has 1 aromatic rings. The van der Waals surface area contributed by atoms with E-state index in [-0.39, 0.29) is 18.1 Å². The average Bonchev–Trinajstić information content (AvgIpc) is 3.04. The lowest BCUT2D eigenvalue weighted by Crippen LogP contribution is -2.45. The molecule has 1 aliphatic rings. The van der Waals surface area contributed by atoms with E-state index < -0.39 is 15.6 Å². The van der Waals surface area contributed by atoms with E-state index in [0.29, 0.717) is 30.9 Å². The molecule has 4 N–H and O–H groups in total. The van der Waals surface area contributed by atoms with Crippen molar-refractivity contribution in [2.75, 3.05) is 26.9 Å². The molecular formula is C11H20N4O4S. The molecule has 1 fully saturated rings. The summed E-state index contributed by atoms with van der Waals surface area (Å²) in [5, 5.41) is 6.41. The van der Waals surface area contributed by atoms with Crippen LogP contribution in [0.3, 0.4) is 0 Å². The van der Waals surface area contributed by atoms with Gasteiger partial charge in [-0.25, -0.2) is 13.1 Å². The van der Waals surface area contributed by atoms with E-state index >= 15 is 0 Å². The SMILES string of the molecule is COC1(CNS(=O)(=O)c2n[nH]c(C)c2CN)CCOC1. The Morgan fingerprint density at radius 1 is 1.60 bits per heavy atom. The molecule has 8 nitrogen and oxygen atoms in total.